The molecule has 1 unspecified atom stereocenters. The highest BCUT2D eigenvalue weighted by molar-refractivity contribution is 6.35. The van der Waals surface area contributed by atoms with Gasteiger partial charge in [-0.25, -0.2) is 0 Å². The molecule has 1 heterocycles. The Hall–Kier alpha value is -0.770. The SMILES string of the molecule is O=C(O)C1CCCCCN1Cc1ccc(Cl)cc1Cl. The van der Waals surface area contributed by atoms with E-state index in [1.54, 1.807) is 12.1 Å². The molecular formula is C14H17Cl2NO2. The zero-order chi connectivity index (χ0) is 13.8. The summed E-state index contributed by atoms with van der Waals surface area (Å²) in [5.74, 6) is -0.744. The fourth-order valence-corrected chi connectivity index (χ4v) is 2.97. The molecule has 3 nitrogen and oxygen atoms in total. The standard InChI is InChI=1S/C14H17Cl2NO2/c15-11-6-5-10(12(16)8-11)9-17-7-3-1-2-4-13(17)14(18)19/h5-6,8,13H,1-4,7,9H2,(H,18,19). The molecule has 19 heavy (non-hydrogen) atoms. The molecule has 1 aliphatic heterocycles. The van der Waals surface area contributed by atoms with Gasteiger partial charge in [-0.15, -0.1) is 0 Å². The van der Waals surface area contributed by atoms with Gasteiger partial charge < -0.3 is 5.11 Å². The van der Waals surface area contributed by atoms with Crippen LogP contribution in [0.3, 0.4) is 0 Å². The Morgan fingerprint density at radius 2 is 2.11 bits per heavy atom. The highest BCUT2D eigenvalue weighted by Gasteiger charge is 2.27. The van der Waals surface area contributed by atoms with Crippen molar-refractivity contribution in [3.05, 3.63) is 33.8 Å². The third-order valence-corrected chi connectivity index (χ3v) is 4.12. The molecule has 2 rings (SSSR count). The molecule has 1 aliphatic rings. The van der Waals surface area contributed by atoms with Crippen molar-refractivity contribution >= 4 is 29.2 Å². The van der Waals surface area contributed by atoms with Gasteiger partial charge in [-0.05, 0) is 37.1 Å². The van der Waals surface area contributed by atoms with E-state index in [1.807, 2.05) is 11.0 Å². The molecular weight excluding hydrogens is 285 g/mol. The maximum atomic E-state index is 11.4. The minimum Gasteiger partial charge on any atom is -0.480 e. The van der Waals surface area contributed by atoms with E-state index in [9.17, 15) is 9.90 Å². The summed E-state index contributed by atoms with van der Waals surface area (Å²) in [7, 11) is 0. The van der Waals surface area contributed by atoms with Gasteiger partial charge in [-0.2, -0.15) is 0 Å². The van der Waals surface area contributed by atoms with Crippen molar-refractivity contribution in [1.82, 2.24) is 4.90 Å². The van der Waals surface area contributed by atoms with Crippen molar-refractivity contribution in [3.8, 4) is 0 Å². The number of carboxylic acid groups (broad SMARTS) is 1. The highest BCUT2D eigenvalue weighted by atomic mass is 35.5. The second kappa shape index (κ2) is 6.60. The molecule has 0 saturated carbocycles. The van der Waals surface area contributed by atoms with Crippen LogP contribution in [0.15, 0.2) is 18.2 Å². The van der Waals surface area contributed by atoms with Gasteiger partial charge in [0.1, 0.15) is 6.04 Å². The van der Waals surface area contributed by atoms with Crippen LogP contribution in [-0.4, -0.2) is 28.6 Å². The van der Waals surface area contributed by atoms with Crippen LogP contribution in [0.1, 0.15) is 31.2 Å². The maximum absolute atomic E-state index is 11.4. The zero-order valence-corrected chi connectivity index (χ0v) is 12.1. The average Bonchev–Trinajstić information content (AvgIpc) is 2.58. The molecule has 1 aromatic rings. The lowest BCUT2D eigenvalue weighted by Gasteiger charge is -2.27. The van der Waals surface area contributed by atoms with Crippen molar-refractivity contribution in [3.63, 3.8) is 0 Å². The van der Waals surface area contributed by atoms with E-state index < -0.39 is 12.0 Å². The Balaban J connectivity index is 2.16. The lowest BCUT2D eigenvalue weighted by atomic mass is 10.1. The first kappa shape index (κ1) is 14.6. The topological polar surface area (TPSA) is 40.5 Å². The first-order valence-corrected chi connectivity index (χ1v) is 7.24. The summed E-state index contributed by atoms with van der Waals surface area (Å²) >= 11 is 12.0. The normalized spacial score (nSPS) is 21.1. The van der Waals surface area contributed by atoms with Crippen LogP contribution in [0.25, 0.3) is 0 Å². The quantitative estimate of drug-likeness (QED) is 0.922. The van der Waals surface area contributed by atoms with Gasteiger partial charge in [0.15, 0.2) is 0 Å². The molecule has 104 valence electrons. The predicted octanol–water partition coefficient (Wildman–Crippen LogP) is 3.82. The number of halogens is 2. The smallest absolute Gasteiger partial charge is 0.320 e. The van der Waals surface area contributed by atoms with Crippen molar-refractivity contribution in [1.29, 1.82) is 0 Å². The van der Waals surface area contributed by atoms with Gasteiger partial charge >= 0.3 is 5.97 Å². The van der Waals surface area contributed by atoms with Crippen molar-refractivity contribution in [2.24, 2.45) is 0 Å². The molecule has 0 amide bonds. The molecule has 0 aromatic heterocycles. The molecule has 0 bridgehead atoms. The lowest BCUT2D eigenvalue weighted by Crippen LogP contribution is -2.40. The summed E-state index contributed by atoms with van der Waals surface area (Å²) in [6, 6.07) is 4.95. The summed E-state index contributed by atoms with van der Waals surface area (Å²) in [5, 5.41) is 10.5. The summed E-state index contributed by atoms with van der Waals surface area (Å²) in [6.07, 6.45) is 3.81. The number of aliphatic carboxylic acids is 1. The van der Waals surface area contributed by atoms with Crippen LogP contribution >= 0.6 is 23.2 Å². The minimum atomic E-state index is -0.744. The van der Waals surface area contributed by atoms with E-state index >= 15 is 0 Å². The summed E-state index contributed by atoms with van der Waals surface area (Å²) in [6.45, 7) is 1.36. The van der Waals surface area contributed by atoms with E-state index in [0.717, 1.165) is 31.4 Å². The van der Waals surface area contributed by atoms with Crippen LogP contribution in [0.2, 0.25) is 10.0 Å². The van der Waals surface area contributed by atoms with Crippen LogP contribution in [-0.2, 0) is 11.3 Å². The molecule has 1 fully saturated rings. The van der Waals surface area contributed by atoms with Crippen molar-refractivity contribution in [2.75, 3.05) is 6.54 Å². The molecule has 1 atom stereocenters. The van der Waals surface area contributed by atoms with Crippen LogP contribution < -0.4 is 0 Å². The fourth-order valence-electron chi connectivity index (χ4n) is 2.51. The first-order valence-electron chi connectivity index (χ1n) is 6.48. The number of nitrogens with zero attached hydrogens (tertiary/aromatic N) is 1. The van der Waals surface area contributed by atoms with Gasteiger partial charge in [-0.1, -0.05) is 42.1 Å². The van der Waals surface area contributed by atoms with Gasteiger partial charge in [0.2, 0.25) is 0 Å². The van der Waals surface area contributed by atoms with Gasteiger partial charge in [-0.3, -0.25) is 9.69 Å². The largest absolute Gasteiger partial charge is 0.480 e. The predicted molar refractivity (Wildman–Crippen MR) is 76.8 cm³/mol. The Kier molecular flexibility index (Phi) is 5.08. The zero-order valence-electron chi connectivity index (χ0n) is 10.6. The van der Waals surface area contributed by atoms with Gasteiger partial charge in [0, 0.05) is 16.6 Å². The summed E-state index contributed by atoms with van der Waals surface area (Å²) < 4.78 is 0. The maximum Gasteiger partial charge on any atom is 0.320 e. The lowest BCUT2D eigenvalue weighted by molar-refractivity contribution is -0.143. The highest BCUT2D eigenvalue weighted by Crippen LogP contribution is 2.25. The van der Waals surface area contributed by atoms with E-state index in [4.69, 9.17) is 23.2 Å². The number of likely N-dealkylation sites (tertiary alicyclic amines) is 1. The molecule has 1 N–H and O–H groups in total. The van der Waals surface area contributed by atoms with Crippen LogP contribution in [0.4, 0.5) is 0 Å². The summed E-state index contributed by atoms with van der Waals surface area (Å²) in [5.41, 5.74) is 0.930. The number of benzene rings is 1. The number of hydrogen-bond donors (Lipinski definition) is 1. The monoisotopic (exact) mass is 301 g/mol. The number of rotatable bonds is 3. The fraction of sp³-hybridized carbons (Fsp3) is 0.500. The number of carbonyl (C=O) groups is 1. The van der Waals surface area contributed by atoms with E-state index in [-0.39, 0.29) is 0 Å². The number of hydrogen-bond acceptors (Lipinski definition) is 2. The third kappa shape index (κ3) is 3.85. The second-order valence-corrected chi connectivity index (χ2v) is 5.75. The van der Waals surface area contributed by atoms with Gasteiger partial charge in [0.25, 0.3) is 0 Å². The van der Waals surface area contributed by atoms with E-state index in [0.29, 0.717) is 23.0 Å². The van der Waals surface area contributed by atoms with Gasteiger partial charge in [0.05, 0.1) is 0 Å². The van der Waals surface area contributed by atoms with Crippen LogP contribution in [0, 0.1) is 0 Å². The molecule has 5 heteroatoms. The minimum absolute atomic E-state index is 0.408. The van der Waals surface area contributed by atoms with Crippen LogP contribution in [0.5, 0.6) is 0 Å². The Morgan fingerprint density at radius 1 is 1.32 bits per heavy atom. The Bertz CT molecular complexity index is 465. The molecule has 0 aliphatic carbocycles. The van der Waals surface area contributed by atoms with E-state index in [2.05, 4.69) is 0 Å². The summed E-state index contributed by atoms with van der Waals surface area (Å²) in [4.78, 5) is 13.4. The third-order valence-electron chi connectivity index (χ3n) is 3.54. The van der Waals surface area contributed by atoms with Crippen molar-refractivity contribution < 1.29 is 9.90 Å². The van der Waals surface area contributed by atoms with Crippen molar-refractivity contribution in [2.45, 2.75) is 38.3 Å². The average molecular weight is 302 g/mol. The Labute approximate surface area is 123 Å². The molecule has 0 radical (unpaired) electrons. The molecule has 1 saturated heterocycles. The first-order chi connectivity index (χ1) is 9.08. The second-order valence-electron chi connectivity index (χ2n) is 4.91. The Morgan fingerprint density at radius 3 is 2.79 bits per heavy atom. The molecule has 1 aromatic carbocycles. The number of carboxylic acids is 1. The van der Waals surface area contributed by atoms with E-state index in [1.165, 1.54) is 0 Å². The molecule has 0 spiro atoms.